The van der Waals surface area contributed by atoms with E-state index in [0.29, 0.717) is 12.0 Å². The van der Waals surface area contributed by atoms with Gasteiger partial charge in [-0.15, -0.1) is 0 Å². The zero-order valence-corrected chi connectivity index (χ0v) is 24.5. The van der Waals surface area contributed by atoms with Crippen molar-refractivity contribution in [3.8, 4) is 16.9 Å². The molecule has 0 spiro atoms. The van der Waals surface area contributed by atoms with Gasteiger partial charge in [-0.05, 0) is 58.2 Å². The second kappa shape index (κ2) is 10.2. The van der Waals surface area contributed by atoms with E-state index in [1.54, 1.807) is 7.11 Å². The average Bonchev–Trinajstić information content (AvgIpc) is 3.54. The Kier molecular flexibility index (Phi) is 6.45. The summed E-state index contributed by atoms with van der Waals surface area (Å²) < 4.78 is 13.6. The topological polar surface area (TPSA) is 110 Å². The quantitative estimate of drug-likeness (QED) is 0.226. The lowest BCUT2D eigenvalue weighted by Crippen LogP contribution is -2.34. The van der Waals surface area contributed by atoms with E-state index >= 15 is 0 Å². The molecule has 0 radical (unpaired) electrons. The van der Waals surface area contributed by atoms with Crippen molar-refractivity contribution in [3.63, 3.8) is 0 Å². The highest BCUT2D eigenvalue weighted by Gasteiger charge is 2.30. The zero-order chi connectivity index (χ0) is 28.2. The Balaban J connectivity index is 1.35. The fourth-order valence-corrected chi connectivity index (χ4v) is 6.32. The minimum atomic E-state index is 0.372. The number of fused-ring (bicyclic) bond motifs is 3. The Morgan fingerprint density at radius 2 is 1.88 bits per heavy atom. The highest BCUT2D eigenvalue weighted by Crippen LogP contribution is 2.43. The number of nitrogens with one attached hydrogen (secondary N) is 2. The number of likely N-dealkylation sites (tertiary alicyclic amines) is 1. The number of aromatic amines is 1. The van der Waals surface area contributed by atoms with E-state index < -0.39 is 0 Å². The molecule has 1 aromatic carbocycles. The van der Waals surface area contributed by atoms with E-state index in [0.717, 1.165) is 107 Å². The standard InChI is InChI=1S/C31H38N8O2/c1-6-26-33-30-29(21-15-25(40-5)22(14-24(21)32-30)28-17(3)37-41-18(28)4)31(34-26)35-27-16-23(19-8-9-19)36-39(27)20-10-12-38(7-2)13-11-20/h14-16,19-20H,6-13H2,1-5H3,(H2,32,33,34,35). The van der Waals surface area contributed by atoms with Crippen LogP contribution in [0.4, 0.5) is 11.6 Å². The number of aromatic nitrogens is 6. The van der Waals surface area contributed by atoms with Crippen LogP contribution in [0.25, 0.3) is 33.1 Å². The summed E-state index contributed by atoms with van der Waals surface area (Å²) in [5.74, 6) is 4.67. The van der Waals surface area contributed by atoms with Crippen molar-refractivity contribution in [2.24, 2.45) is 0 Å². The SMILES string of the molecule is CCc1nc(Nc2cc(C3CC3)nn2C2CCN(CC)CC2)c2c(n1)[nH]c1cc(-c3c(C)noc3C)c(OC)cc12. The van der Waals surface area contributed by atoms with Crippen LogP contribution in [-0.4, -0.2) is 61.5 Å². The average molecular weight is 555 g/mol. The number of hydrogen-bond acceptors (Lipinski definition) is 8. The largest absolute Gasteiger partial charge is 0.496 e. The number of anilines is 2. The van der Waals surface area contributed by atoms with Crippen LogP contribution in [0.5, 0.6) is 5.75 Å². The first-order chi connectivity index (χ1) is 20.0. The number of aryl methyl sites for hydroxylation is 3. The first-order valence-corrected chi connectivity index (χ1v) is 14.9. The third-order valence-electron chi connectivity index (χ3n) is 8.78. The van der Waals surface area contributed by atoms with Crippen LogP contribution >= 0.6 is 0 Å². The van der Waals surface area contributed by atoms with Gasteiger partial charge in [-0.25, -0.2) is 14.6 Å². The monoisotopic (exact) mass is 554 g/mol. The molecular formula is C31H38N8O2. The van der Waals surface area contributed by atoms with E-state index in [2.05, 4.69) is 57.1 Å². The second-order valence-electron chi connectivity index (χ2n) is 11.5. The molecule has 0 amide bonds. The van der Waals surface area contributed by atoms with Gasteiger partial charge >= 0.3 is 0 Å². The third kappa shape index (κ3) is 4.54. The van der Waals surface area contributed by atoms with Gasteiger partial charge in [0, 0.05) is 48.0 Å². The molecule has 0 unspecified atom stereocenters. The van der Waals surface area contributed by atoms with Crippen LogP contribution in [0, 0.1) is 13.8 Å². The molecule has 4 aromatic heterocycles. The molecule has 41 heavy (non-hydrogen) atoms. The van der Waals surface area contributed by atoms with Crippen molar-refractivity contribution in [2.45, 2.75) is 71.8 Å². The van der Waals surface area contributed by atoms with Crippen LogP contribution in [-0.2, 0) is 6.42 Å². The van der Waals surface area contributed by atoms with Crippen LogP contribution in [0.1, 0.15) is 74.5 Å². The van der Waals surface area contributed by atoms with Gasteiger partial charge in [0.25, 0.3) is 0 Å². The summed E-state index contributed by atoms with van der Waals surface area (Å²) in [5.41, 5.74) is 5.67. The molecule has 2 aliphatic rings. The summed E-state index contributed by atoms with van der Waals surface area (Å²) in [6.07, 6.45) is 5.37. The van der Waals surface area contributed by atoms with E-state index in [1.165, 1.54) is 18.5 Å². The molecule has 1 saturated carbocycles. The first-order valence-electron chi connectivity index (χ1n) is 14.9. The molecule has 0 atom stereocenters. The normalized spacial score (nSPS) is 16.7. The minimum Gasteiger partial charge on any atom is -0.496 e. The van der Waals surface area contributed by atoms with E-state index in [1.807, 2.05) is 13.8 Å². The molecule has 1 saturated heterocycles. The van der Waals surface area contributed by atoms with Gasteiger partial charge in [-0.2, -0.15) is 5.10 Å². The summed E-state index contributed by atoms with van der Waals surface area (Å²) >= 11 is 0. The van der Waals surface area contributed by atoms with Crippen LogP contribution < -0.4 is 10.1 Å². The molecular weight excluding hydrogens is 516 g/mol. The van der Waals surface area contributed by atoms with Crippen LogP contribution in [0.2, 0.25) is 0 Å². The molecule has 0 bridgehead atoms. The summed E-state index contributed by atoms with van der Waals surface area (Å²) in [5, 5.41) is 15.0. The van der Waals surface area contributed by atoms with E-state index in [9.17, 15) is 0 Å². The second-order valence-corrected chi connectivity index (χ2v) is 11.5. The number of piperidine rings is 1. The van der Waals surface area contributed by atoms with Gasteiger partial charge < -0.3 is 24.5 Å². The molecule has 1 aliphatic carbocycles. The molecule has 5 heterocycles. The van der Waals surface area contributed by atoms with Crippen LogP contribution in [0.15, 0.2) is 22.7 Å². The van der Waals surface area contributed by atoms with Gasteiger partial charge in [-0.1, -0.05) is 19.0 Å². The molecule has 1 aliphatic heterocycles. The Labute approximate surface area is 239 Å². The van der Waals surface area contributed by atoms with E-state index in [-0.39, 0.29) is 0 Å². The Morgan fingerprint density at radius 3 is 2.54 bits per heavy atom. The third-order valence-corrected chi connectivity index (χ3v) is 8.78. The van der Waals surface area contributed by atoms with Gasteiger partial charge in [0.2, 0.25) is 0 Å². The maximum absolute atomic E-state index is 5.90. The fraction of sp³-hybridized carbons (Fsp3) is 0.484. The Hall–Kier alpha value is -3.92. The number of benzene rings is 1. The summed E-state index contributed by atoms with van der Waals surface area (Å²) in [6, 6.07) is 6.79. The highest BCUT2D eigenvalue weighted by molar-refractivity contribution is 6.13. The Bertz CT molecular complexity index is 1720. The van der Waals surface area contributed by atoms with Crippen molar-refractivity contribution in [2.75, 3.05) is 32.1 Å². The number of ether oxygens (including phenoxy) is 1. The number of rotatable bonds is 8. The lowest BCUT2D eigenvalue weighted by atomic mass is 10.0. The van der Waals surface area contributed by atoms with Crippen molar-refractivity contribution in [3.05, 3.63) is 41.2 Å². The molecule has 2 N–H and O–H groups in total. The zero-order valence-electron chi connectivity index (χ0n) is 24.5. The predicted octanol–water partition coefficient (Wildman–Crippen LogP) is 6.43. The lowest BCUT2D eigenvalue weighted by Gasteiger charge is -2.31. The predicted molar refractivity (Wildman–Crippen MR) is 160 cm³/mol. The van der Waals surface area contributed by atoms with Gasteiger partial charge in [-0.3, -0.25) is 0 Å². The molecule has 214 valence electrons. The van der Waals surface area contributed by atoms with Gasteiger partial charge in [0.05, 0.1) is 35.5 Å². The van der Waals surface area contributed by atoms with Crippen molar-refractivity contribution < 1.29 is 9.26 Å². The number of methoxy groups -OCH3 is 1. The maximum atomic E-state index is 5.90. The molecule has 10 heteroatoms. The molecule has 10 nitrogen and oxygen atoms in total. The van der Waals surface area contributed by atoms with Crippen LogP contribution in [0.3, 0.4) is 0 Å². The first kappa shape index (κ1) is 26.0. The molecule has 2 fully saturated rings. The van der Waals surface area contributed by atoms with Gasteiger partial charge in [0.15, 0.2) is 0 Å². The van der Waals surface area contributed by atoms with Crippen molar-refractivity contribution >= 4 is 33.6 Å². The number of H-pyrrole nitrogens is 1. The number of nitrogens with zero attached hydrogens (tertiary/aromatic N) is 6. The summed E-state index contributed by atoms with van der Waals surface area (Å²) in [6.45, 7) is 11.5. The summed E-state index contributed by atoms with van der Waals surface area (Å²) in [4.78, 5) is 16.0. The lowest BCUT2D eigenvalue weighted by molar-refractivity contribution is 0.188. The molecule has 7 rings (SSSR count). The highest BCUT2D eigenvalue weighted by atomic mass is 16.5. The van der Waals surface area contributed by atoms with Gasteiger partial charge in [0.1, 0.15) is 34.6 Å². The smallest absolute Gasteiger partial charge is 0.145 e. The maximum Gasteiger partial charge on any atom is 0.145 e. The van der Waals surface area contributed by atoms with E-state index in [4.69, 9.17) is 24.3 Å². The molecule has 5 aromatic rings. The fourth-order valence-electron chi connectivity index (χ4n) is 6.32. The summed E-state index contributed by atoms with van der Waals surface area (Å²) in [7, 11) is 1.70. The van der Waals surface area contributed by atoms with Crippen molar-refractivity contribution in [1.29, 1.82) is 0 Å². The Morgan fingerprint density at radius 1 is 1.07 bits per heavy atom. The number of hydrogen-bond donors (Lipinski definition) is 2. The minimum absolute atomic E-state index is 0.372. The van der Waals surface area contributed by atoms with Crippen molar-refractivity contribution in [1.82, 2.24) is 34.8 Å².